The summed E-state index contributed by atoms with van der Waals surface area (Å²) in [5.41, 5.74) is -0.220. The van der Waals surface area contributed by atoms with E-state index in [0.29, 0.717) is 10.3 Å². The zero-order valence-electron chi connectivity index (χ0n) is 11.3. The molecule has 0 amide bonds. The average molecular weight is 345 g/mol. The average Bonchev–Trinajstić information content (AvgIpc) is 2.56. The van der Waals surface area contributed by atoms with E-state index < -0.39 is 4.92 Å². The molecule has 0 fully saturated rings. The predicted molar refractivity (Wildman–Crippen MR) is 81.0 cm³/mol. The van der Waals surface area contributed by atoms with Gasteiger partial charge in [-0.3, -0.25) is 10.1 Å². The van der Waals surface area contributed by atoms with Crippen molar-refractivity contribution in [3.8, 4) is 0 Å². The van der Waals surface area contributed by atoms with E-state index in [1.54, 1.807) is 36.9 Å². The van der Waals surface area contributed by atoms with Crippen molar-refractivity contribution >= 4 is 29.2 Å². The third-order valence-electron chi connectivity index (χ3n) is 2.40. The quantitative estimate of drug-likeness (QED) is 0.294. The number of aromatic nitrogens is 6. The molecule has 0 unspecified atom stereocenters. The summed E-state index contributed by atoms with van der Waals surface area (Å²) in [6, 6.07) is 3.32. The van der Waals surface area contributed by atoms with Crippen LogP contribution >= 0.6 is 23.5 Å². The van der Waals surface area contributed by atoms with Crippen molar-refractivity contribution < 1.29 is 4.92 Å². The largest absolute Gasteiger partial charge is 0.334 e. The van der Waals surface area contributed by atoms with Crippen LogP contribution in [-0.4, -0.2) is 34.8 Å². The van der Waals surface area contributed by atoms with E-state index in [0.717, 1.165) is 23.5 Å². The standard InChI is InChI=1S/C12H7N7O2S2/c20-19(21)8-9(22-11-13-3-1-4-14-11)17-7-18-10(8)23-12-15-5-2-6-16-12/h1-7H. The molecular formula is C12H7N7O2S2. The van der Waals surface area contributed by atoms with Crippen LogP contribution in [0.4, 0.5) is 5.69 Å². The Balaban J connectivity index is 1.97. The molecule has 11 heteroatoms. The van der Waals surface area contributed by atoms with E-state index in [1.165, 1.54) is 6.33 Å². The van der Waals surface area contributed by atoms with Crippen LogP contribution in [-0.2, 0) is 0 Å². The van der Waals surface area contributed by atoms with Gasteiger partial charge in [-0.1, -0.05) is 0 Å². The van der Waals surface area contributed by atoms with Gasteiger partial charge >= 0.3 is 5.69 Å². The molecule has 23 heavy (non-hydrogen) atoms. The Labute approximate surface area is 138 Å². The number of hydrogen-bond acceptors (Lipinski definition) is 10. The highest BCUT2D eigenvalue weighted by atomic mass is 32.2. The first-order chi connectivity index (χ1) is 11.2. The fourth-order valence-electron chi connectivity index (χ4n) is 1.50. The summed E-state index contributed by atoms with van der Waals surface area (Å²) in [6.07, 6.45) is 7.46. The van der Waals surface area contributed by atoms with Gasteiger partial charge in [0.25, 0.3) is 0 Å². The van der Waals surface area contributed by atoms with Crippen molar-refractivity contribution in [2.45, 2.75) is 20.4 Å². The lowest BCUT2D eigenvalue weighted by molar-refractivity contribution is -0.391. The van der Waals surface area contributed by atoms with E-state index >= 15 is 0 Å². The Morgan fingerprint density at radius 1 is 0.783 bits per heavy atom. The molecule has 3 aromatic rings. The summed E-state index contributed by atoms with van der Waals surface area (Å²) >= 11 is 2.00. The summed E-state index contributed by atoms with van der Waals surface area (Å²) in [5.74, 6) is 0. The topological polar surface area (TPSA) is 120 Å². The Hall–Kier alpha value is -2.66. The van der Waals surface area contributed by atoms with Crippen molar-refractivity contribution in [2.75, 3.05) is 0 Å². The Bertz CT molecular complexity index is 760. The molecule has 0 saturated heterocycles. The first kappa shape index (κ1) is 15.2. The number of rotatable bonds is 5. The maximum absolute atomic E-state index is 11.4. The van der Waals surface area contributed by atoms with Crippen LogP contribution in [0.2, 0.25) is 0 Å². The van der Waals surface area contributed by atoms with Crippen LogP contribution in [0.3, 0.4) is 0 Å². The molecule has 3 aromatic heterocycles. The fraction of sp³-hybridized carbons (Fsp3) is 0. The second-order valence-corrected chi connectivity index (χ2v) is 5.77. The molecule has 0 aromatic carbocycles. The van der Waals surface area contributed by atoms with Crippen molar-refractivity contribution in [3.05, 3.63) is 53.4 Å². The number of hydrogen-bond donors (Lipinski definition) is 0. The zero-order valence-corrected chi connectivity index (χ0v) is 12.9. The summed E-state index contributed by atoms with van der Waals surface area (Å²) in [4.78, 5) is 35.0. The highest BCUT2D eigenvalue weighted by Gasteiger charge is 2.25. The van der Waals surface area contributed by atoms with Gasteiger partial charge in [0.2, 0.25) is 0 Å². The van der Waals surface area contributed by atoms with E-state index in [-0.39, 0.29) is 15.7 Å². The van der Waals surface area contributed by atoms with Gasteiger partial charge in [0, 0.05) is 24.8 Å². The molecule has 3 heterocycles. The lowest BCUT2D eigenvalue weighted by Crippen LogP contribution is -1.99. The second kappa shape index (κ2) is 7.07. The minimum absolute atomic E-state index is 0.162. The third-order valence-corrected chi connectivity index (χ3v) is 4.17. The highest BCUT2D eigenvalue weighted by molar-refractivity contribution is 8.00. The molecule has 0 spiro atoms. The number of nitro groups is 1. The molecule has 0 aliphatic rings. The molecule has 0 atom stereocenters. The smallest absolute Gasteiger partial charge is 0.258 e. The molecule has 0 bridgehead atoms. The zero-order chi connectivity index (χ0) is 16.1. The van der Waals surface area contributed by atoms with Gasteiger partial charge in [0.05, 0.1) is 4.92 Å². The molecule has 0 radical (unpaired) electrons. The SMILES string of the molecule is O=[N+]([O-])c1c(Sc2ncccn2)ncnc1Sc1ncccn1. The summed E-state index contributed by atoms with van der Waals surface area (Å²) < 4.78 is 0. The van der Waals surface area contributed by atoms with E-state index in [1.807, 2.05) is 0 Å². The molecule has 0 saturated carbocycles. The summed E-state index contributed by atoms with van der Waals surface area (Å²) in [5, 5.41) is 12.5. The minimum atomic E-state index is -0.531. The first-order valence-electron chi connectivity index (χ1n) is 6.13. The van der Waals surface area contributed by atoms with Gasteiger partial charge in [-0.25, -0.2) is 29.9 Å². The lowest BCUT2D eigenvalue weighted by atomic mass is 10.5. The molecule has 0 aliphatic carbocycles. The predicted octanol–water partition coefficient (Wildman–Crippen LogP) is 2.27. The van der Waals surface area contributed by atoms with Gasteiger partial charge in [-0.2, -0.15) is 0 Å². The van der Waals surface area contributed by atoms with Crippen LogP contribution in [0.1, 0.15) is 0 Å². The Kier molecular flexibility index (Phi) is 4.68. The normalized spacial score (nSPS) is 10.4. The highest BCUT2D eigenvalue weighted by Crippen LogP contribution is 2.38. The summed E-state index contributed by atoms with van der Waals surface area (Å²) in [6.45, 7) is 0. The molecule has 114 valence electrons. The second-order valence-electron chi connectivity index (χ2n) is 3.86. The molecular weight excluding hydrogens is 338 g/mol. The Morgan fingerprint density at radius 2 is 1.22 bits per heavy atom. The van der Waals surface area contributed by atoms with Crippen LogP contribution in [0.15, 0.2) is 63.6 Å². The van der Waals surface area contributed by atoms with Crippen LogP contribution in [0.25, 0.3) is 0 Å². The van der Waals surface area contributed by atoms with Gasteiger partial charge in [-0.05, 0) is 35.7 Å². The molecule has 0 N–H and O–H groups in total. The first-order valence-corrected chi connectivity index (χ1v) is 7.76. The van der Waals surface area contributed by atoms with Crippen molar-refractivity contribution in [1.29, 1.82) is 0 Å². The fourth-order valence-corrected chi connectivity index (χ4v) is 3.10. The minimum Gasteiger partial charge on any atom is -0.258 e. The maximum Gasteiger partial charge on any atom is 0.334 e. The van der Waals surface area contributed by atoms with E-state index in [9.17, 15) is 10.1 Å². The van der Waals surface area contributed by atoms with Crippen molar-refractivity contribution in [3.63, 3.8) is 0 Å². The third kappa shape index (κ3) is 3.76. The van der Waals surface area contributed by atoms with Crippen molar-refractivity contribution in [2.24, 2.45) is 0 Å². The van der Waals surface area contributed by atoms with E-state index in [4.69, 9.17) is 0 Å². The summed E-state index contributed by atoms with van der Waals surface area (Å²) in [7, 11) is 0. The molecule has 3 rings (SSSR count). The van der Waals surface area contributed by atoms with Crippen LogP contribution < -0.4 is 0 Å². The monoisotopic (exact) mass is 345 g/mol. The Morgan fingerprint density at radius 3 is 1.61 bits per heavy atom. The van der Waals surface area contributed by atoms with Gasteiger partial charge < -0.3 is 0 Å². The lowest BCUT2D eigenvalue weighted by Gasteiger charge is -2.04. The van der Waals surface area contributed by atoms with Gasteiger partial charge in [0.15, 0.2) is 20.4 Å². The maximum atomic E-state index is 11.4. The van der Waals surface area contributed by atoms with Crippen LogP contribution in [0.5, 0.6) is 0 Å². The van der Waals surface area contributed by atoms with Gasteiger partial charge in [-0.15, -0.1) is 0 Å². The van der Waals surface area contributed by atoms with Crippen LogP contribution in [0, 0.1) is 10.1 Å². The molecule has 0 aliphatic heterocycles. The van der Waals surface area contributed by atoms with Crippen molar-refractivity contribution in [1.82, 2.24) is 29.9 Å². The number of nitrogens with zero attached hydrogens (tertiary/aromatic N) is 7. The van der Waals surface area contributed by atoms with Gasteiger partial charge in [0.1, 0.15) is 6.33 Å². The molecule has 9 nitrogen and oxygen atoms in total. The van der Waals surface area contributed by atoms with E-state index in [2.05, 4.69) is 29.9 Å².